The van der Waals surface area contributed by atoms with Gasteiger partial charge >= 0.3 is 0 Å². The van der Waals surface area contributed by atoms with Crippen LogP contribution in [0.25, 0.3) is 0 Å². The van der Waals surface area contributed by atoms with Crippen LogP contribution in [0.3, 0.4) is 0 Å². The Morgan fingerprint density at radius 2 is 2.12 bits per heavy atom. The zero-order chi connectivity index (χ0) is 12.7. The number of benzene rings is 1. The highest BCUT2D eigenvalue weighted by Gasteiger charge is 2.04. The van der Waals surface area contributed by atoms with Gasteiger partial charge in [-0.25, -0.2) is 0 Å². The molecule has 3 heteroatoms. The SMILES string of the molecule is CCNCc1cc(Cl)ccc1SCCC(C)C. The first-order valence-corrected chi connectivity index (χ1v) is 7.61. The molecule has 0 aliphatic heterocycles. The number of halogens is 1. The largest absolute Gasteiger partial charge is 0.313 e. The van der Waals surface area contributed by atoms with Crippen LogP contribution in [-0.4, -0.2) is 12.3 Å². The fraction of sp³-hybridized carbons (Fsp3) is 0.571. The molecule has 0 unspecified atom stereocenters. The number of thioether (sulfide) groups is 1. The lowest BCUT2D eigenvalue weighted by molar-refractivity contribution is 0.632. The fourth-order valence-electron chi connectivity index (χ4n) is 1.49. The standard InChI is InChI=1S/C14H22ClNS/c1-4-16-10-12-9-13(15)5-6-14(12)17-8-7-11(2)3/h5-6,9,11,16H,4,7-8,10H2,1-3H3. The predicted octanol–water partition coefficient (Wildman–Crippen LogP) is 4.59. The molecule has 1 N–H and O–H groups in total. The van der Waals surface area contributed by atoms with Crippen molar-refractivity contribution in [2.75, 3.05) is 12.3 Å². The van der Waals surface area contributed by atoms with E-state index in [2.05, 4.69) is 38.2 Å². The first-order valence-electron chi connectivity index (χ1n) is 6.25. The zero-order valence-electron chi connectivity index (χ0n) is 10.9. The summed E-state index contributed by atoms with van der Waals surface area (Å²) in [6, 6.07) is 6.19. The van der Waals surface area contributed by atoms with Gasteiger partial charge in [-0.3, -0.25) is 0 Å². The smallest absolute Gasteiger partial charge is 0.0410 e. The van der Waals surface area contributed by atoms with Crippen LogP contribution in [0.5, 0.6) is 0 Å². The lowest BCUT2D eigenvalue weighted by Gasteiger charge is -2.11. The van der Waals surface area contributed by atoms with Crippen molar-refractivity contribution in [2.24, 2.45) is 5.92 Å². The van der Waals surface area contributed by atoms with E-state index >= 15 is 0 Å². The summed E-state index contributed by atoms with van der Waals surface area (Å²) in [6.07, 6.45) is 1.26. The van der Waals surface area contributed by atoms with Crippen molar-refractivity contribution >= 4 is 23.4 Å². The maximum atomic E-state index is 6.04. The van der Waals surface area contributed by atoms with E-state index in [1.54, 1.807) is 0 Å². The van der Waals surface area contributed by atoms with Gasteiger partial charge in [0.1, 0.15) is 0 Å². The Bertz CT molecular complexity index is 339. The summed E-state index contributed by atoms with van der Waals surface area (Å²) < 4.78 is 0. The van der Waals surface area contributed by atoms with Crippen LogP contribution in [0.15, 0.2) is 23.1 Å². The van der Waals surface area contributed by atoms with Gasteiger partial charge in [0, 0.05) is 16.5 Å². The van der Waals surface area contributed by atoms with Crippen molar-refractivity contribution in [3.05, 3.63) is 28.8 Å². The average molecular weight is 272 g/mol. The highest BCUT2D eigenvalue weighted by molar-refractivity contribution is 7.99. The normalized spacial score (nSPS) is 11.1. The van der Waals surface area contributed by atoms with E-state index in [1.165, 1.54) is 22.6 Å². The molecule has 0 spiro atoms. The maximum absolute atomic E-state index is 6.04. The molecule has 0 atom stereocenters. The molecule has 1 aromatic carbocycles. The van der Waals surface area contributed by atoms with Gasteiger partial charge in [-0.2, -0.15) is 0 Å². The summed E-state index contributed by atoms with van der Waals surface area (Å²) in [6.45, 7) is 8.55. The molecule has 1 nitrogen and oxygen atoms in total. The van der Waals surface area contributed by atoms with Gasteiger partial charge in [0.05, 0.1) is 0 Å². The van der Waals surface area contributed by atoms with Crippen LogP contribution in [0.2, 0.25) is 5.02 Å². The van der Waals surface area contributed by atoms with Gasteiger partial charge < -0.3 is 5.32 Å². The average Bonchev–Trinajstić information content (AvgIpc) is 2.28. The van der Waals surface area contributed by atoms with Gasteiger partial charge in [0.25, 0.3) is 0 Å². The molecule has 0 heterocycles. The lowest BCUT2D eigenvalue weighted by Crippen LogP contribution is -2.12. The minimum Gasteiger partial charge on any atom is -0.313 e. The molecular formula is C14H22ClNS. The fourth-order valence-corrected chi connectivity index (χ4v) is 2.98. The highest BCUT2D eigenvalue weighted by atomic mass is 35.5. The summed E-state index contributed by atoms with van der Waals surface area (Å²) in [5.41, 5.74) is 1.31. The topological polar surface area (TPSA) is 12.0 Å². The molecule has 0 aliphatic carbocycles. The third-order valence-corrected chi connectivity index (χ3v) is 3.92. The number of hydrogen-bond acceptors (Lipinski definition) is 2. The molecular weight excluding hydrogens is 250 g/mol. The Kier molecular flexibility index (Phi) is 7.02. The van der Waals surface area contributed by atoms with E-state index in [9.17, 15) is 0 Å². The molecule has 0 saturated heterocycles. The monoisotopic (exact) mass is 271 g/mol. The summed E-state index contributed by atoms with van der Waals surface area (Å²) in [5, 5.41) is 4.18. The van der Waals surface area contributed by atoms with Crippen molar-refractivity contribution in [3.63, 3.8) is 0 Å². The Balaban J connectivity index is 2.62. The van der Waals surface area contributed by atoms with E-state index in [0.29, 0.717) is 0 Å². The van der Waals surface area contributed by atoms with Crippen LogP contribution >= 0.6 is 23.4 Å². The van der Waals surface area contributed by atoms with E-state index in [4.69, 9.17) is 11.6 Å². The van der Waals surface area contributed by atoms with Crippen LogP contribution in [0.1, 0.15) is 32.8 Å². The Labute approximate surface area is 114 Å². The van der Waals surface area contributed by atoms with E-state index in [1.807, 2.05) is 17.8 Å². The van der Waals surface area contributed by atoms with E-state index < -0.39 is 0 Å². The summed E-state index contributed by atoms with van der Waals surface area (Å²) in [4.78, 5) is 1.36. The molecule has 0 bridgehead atoms. The van der Waals surface area contributed by atoms with Gasteiger partial charge in [-0.15, -0.1) is 11.8 Å². The molecule has 1 rings (SSSR count). The number of rotatable bonds is 7. The maximum Gasteiger partial charge on any atom is 0.0410 e. The Hall–Kier alpha value is -0.180. The van der Waals surface area contributed by atoms with Gasteiger partial charge in [0.2, 0.25) is 0 Å². The molecule has 0 saturated carbocycles. The van der Waals surface area contributed by atoms with Crippen LogP contribution in [0, 0.1) is 5.92 Å². The second-order valence-corrected chi connectivity index (χ2v) is 6.14. The van der Waals surface area contributed by atoms with E-state index in [-0.39, 0.29) is 0 Å². The van der Waals surface area contributed by atoms with Gasteiger partial charge in [-0.05, 0) is 48.4 Å². The van der Waals surface area contributed by atoms with Crippen molar-refractivity contribution in [1.82, 2.24) is 5.32 Å². The Morgan fingerprint density at radius 3 is 2.76 bits per heavy atom. The minimum atomic E-state index is 0.770. The van der Waals surface area contributed by atoms with Crippen molar-refractivity contribution in [1.29, 1.82) is 0 Å². The third kappa shape index (κ3) is 5.80. The zero-order valence-corrected chi connectivity index (χ0v) is 12.5. The third-order valence-electron chi connectivity index (χ3n) is 2.54. The summed E-state index contributed by atoms with van der Waals surface area (Å²) in [5.74, 6) is 1.95. The Morgan fingerprint density at radius 1 is 1.35 bits per heavy atom. The first kappa shape index (κ1) is 14.9. The van der Waals surface area contributed by atoms with Crippen LogP contribution < -0.4 is 5.32 Å². The van der Waals surface area contributed by atoms with Crippen LogP contribution in [-0.2, 0) is 6.54 Å². The highest BCUT2D eigenvalue weighted by Crippen LogP contribution is 2.27. The number of nitrogens with one attached hydrogen (secondary N) is 1. The van der Waals surface area contributed by atoms with Gasteiger partial charge in [0.15, 0.2) is 0 Å². The first-order chi connectivity index (χ1) is 8.13. The second-order valence-electron chi connectivity index (χ2n) is 4.56. The van der Waals surface area contributed by atoms with Crippen molar-refractivity contribution in [2.45, 2.75) is 38.6 Å². The van der Waals surface area contributed by atoms with Crippen molar-refractivity contribution < 1.29 is 0 Å². The lowest BCUT2D eigenvalue weighted by atomic mass is 10.2. The van der Waals surface area contributed by atoms with Crippen molar-refractivity contribution in [3.8, 4) is 0 Å². The van der Waals surface area contributed by atoms with Gasteiger partial charge in [-0.1, -0.05) is 32.4 Å². The summed E-state index contributed by atoms with van der Waals surface area (Å²) >= 11 is 7.98. The molecule has 1 aromatic rings. The van der Waals surface area contributed by atoms with E-state index in [0.717, 1.165) is 24.0 Å². The summed E-state index contributed by atoms with van der Waals surface area (Å²) in [7, 11) is 0. The molecule has 0 radical (unpaired) electrons. The molecule has 0 aromatic heterocycles. The van der Waals surface area contributed by atoms with Crippen LogP contribution in [0.4, 0.5) is 0 Å². The molecule has 17 heavy (non-hydrogen) atoms. The number of hydrogen-bond donors (Lipinski definition) is 1. The molecule has 96 valence electrons. The predicted molar refractivity (Wildman–Crippen MR) is 79.0 cm³/mol. The quantitative estimate of drug-likeness (QED) is 0.728. The minimum absolute atomic E-state index is 0.770. The molecule has 0 aliphatic rings. The second kappa shape index (κ2) is 8.02. The molecule has 0 fully saturated rings. The molecule has 0 amide bonds.